The molecule has 0 bridgehead atoms. The first-order valence-electron chi connectivity index (χ1n) is 6.06. The Morgan fingerprint density at radius 2 is 1.95 bits per heavy atom. The third-order valence-electron chi connectivity index (χ3n) is 2.42. The fourth-order valence-electron chi connectivity index (χ4n) is 1.36. The maximum Gasteiger partial charge on any atom is 0.425 e. The number of carbonyl (C=O) groups excluding carboxylic acids is 2. The molecule has 0 unspecified atom stereocenters. The normalized spacial score (nSPS) is 9.48. The van der Waals surface area contributed by atoms with Gasteiger partial charge in [0, 0.05) is 0 Å². The minimum atomic E-state index is -0.724. The second kappa shape index (κ2) is 8.05. The van der Waals surface area contributed by atoms with Gasteiger partial charge < -0.3 is 9.47 Å². The molecule has 7 nitrogen and oxygen atoms in total. The summed E-state index contributed by atoms with van der Waals surface area (Å²) in [5, 5.41) is 2.29. The van der Waals surface area contributed by atoms with E-state index in [0.29, 0.717) is 5.75 Å². The van der Waals surface area contributed by atoms with Crippen LogP contribution in [0.25, 0.3) is 0 Å². The van der Waals surface area contributed by atoms with Crippen LogP contribution >= 0.6 is 12.2 Å². The van der Waals surface area contributed by atoms with Crippen LogP contribution in [0.5, 0.6) is 5.75 Å². The van der Waals surface area contributed by atoms with Crippen LogP contribution in [0.1, 0.15) is 11.1 Å². The summed E-state index contributed by atoms with van der Waals surface area (Å²) in [6.07, 6.45) is -0.724. The summed E-state index contributed by atoms with van der Waals surface area (Å²) in [7, 11) is 1.21. The molecule has 3 N–H and O–H groups in total. The Balaban J connectivity index is 2.38. The van der Waals surface area contributed by atoms with Crippen LogP contribution in [-0.2, 0) is 9.53 Å². The predicted octanol–water partition coefficient (Wildman–Crippen LogP) is 0.944. The number of hydrogen-bond acceptors (Lipinski definition) is 5. The lowest BCUT2D eigenvalue weighted by atomic mass is 10.1. The van der Waals surface area contributed by atoms with Crippen LogP contribution in [0.4, 0.5) is 4.79 Å². The van der Waals surface area contributed by atoms with Crippen molar-refractivity contribution in [3.05, 3.63) is 29.3 Å². The lowest BCUT2D eigenvalue weighted by Gasteiger charge is -2.12. The van der Waals surface area contributed by atoms with E-state index in [1.54, 1.807) is 0 Å². The van der Waals surface area contributed by atoms with Crippen molar-refractivity contribution in [2.45, 2.75) is 13.8 Å². The molecular formula is C13H17N3O4S. The highest BCUT2D eigenvalue weighted by Gasteiger charge is 2.08. The van der Waals surface area contributed by atoms with Crippen molar-refractivity contribution in [2.24, 2.45) is 0 Å². The van der Waals surface area contributed by atoms with Gasteiger partial charge in [-0.15, -0.1) is 0 Å². The van der Waals surface area contributed by atoms with Crippen molar-refractivity contribution in [2.75, 3.05) is 13.7 Å². The van der Waals surface area contributed by atoms with E-state index in [0.717, 1.165) is 11.1 Å². The Kier molecular flexibility index (Phi) is 6.41. The Morgan fingerprint density at radius 3 is 2.62 bits per heavy atom. The van der Waals surface area contributed by atoms with E-state index in [4.69, 9.17) is 17.0 Å². The number of thiocarbonyl (C=S) groups is 1. The third-order valence-corrected chi connectivity index (χ3v) is 2.62. The molecule has 21 heavy (non-hydrogen) atoms. The minimum Gasteiger partial charge on any atom is -0.483 e. The first kappa shape index (κ1) is 16.7. The topological polar surface area (TPSA) is 88.7 Å². The summed E-state index contributed by atoms with van der Waals surface area (Å²) in [5.74, 6) is 0.191. The largest absolute Gasteiger partial charge is 0.483 e. The predicted molar refractivity (Wildman–Crippen MR) is 80.8 cm³/mol. The van der Waals surface area contributed by atoms with Crippen LogP contribution in [0.15, 0.2) is 18.2 Å². The highest BCUT2D eigenvalue weighted by Crippen LogP contribution is 2.18. The van der Waals surface area contributed by atoms with Crippen molar-refractivity contribution in [3.63, 3.8) is 0 Å². The van der Waals surface area contributed by atoms with Crippen molar-refractivity contribution in [1.82, 2.24) is 16.2 Å². The number of rotatable bonds is 3. The first-order valence-corrected chi connectivity index (χ1v) is 6.47. The van der Waals surface area contributed by atoms with Gasteiger partial charge in [-0.25, -0.2) is 10.2 Å². The monoisotopic (exact) mass is 311 g/mol. The Morgan fingerprint density at radius 1 is 1.24 bits per heavy atom. The van der Waals surface area contributed by atoms with E-state index in [-0.39, 0.29) is 11.7 Å². The number of methoxy groups -OCH3 is 1. The standard InChI is InChI=1S/C13H17N3O4S/c1-8-4-5-9(2)10(6-8)20-7-11(17)14-12(21)15-16-13(18)19-3/h4-6H,7H2,1-3H3,(H,16,18)(H2,14,15,17,21). The molecule has 114 valence electrons. The smallest absolute Gasteiger partial charge is 0.425 e. The number of hydrazine groups is 1. The molecule has 0 fully saturated rings. The summed E-state index contributed by atoms with van der Waals surface area (Å²) < 4.78 is 9.74. The van der Waals surface area contributed by atoms with Crippen molar-refractivity contribution >= 4 is 29.3 Å². The average Bonchev–Trinajstić information content (AvgIpc) is 2.45. The molecule has 0 aliphatic rings. The maximum absolute atomic E-state index is 11.6. The average molecular weight is 311 g/mol. The number of nitrogens with one attached hydrogen (secondary N) is 3. The number of benzene rings is 1. The van der Waals surface area contributed by atoms with Crippen LogP contribution in [0, 0.1) is 13.8 Å². The Bertz CT molecular complexity index is 548. The van der Waals surface area contributed by atoms with E-state index >= 15 is 0 Å². The van der Waals surface area contributed by atoms with Gasteiger partial charge >= 0.3 is 6.09 Å². The molecule has 0 atom stereocenters. The maximum atomic E-state index is 11.6. The van der Waals surface area contributed by atoms with E-state index in [1.165, 1.54) is 7.11 Å². The van der Waals surface area contributed by atoms with Crippen LogP contribution < -0.4 is 20.9 Å². The summed E-state index contributed by atoms with van der Waals surface area (Å²) in [6, 6.07) is 5.72. The molecule has 1 rings (SSSR count). The molecule has 1 aromatic rings. The highest BCUT2D eigenvalue weighted by atomic mass is 32.1. The number of aryl methyl sites for hydroxylation is 2. The van der Waals surface area contributed by atoms with E-state index in [1.807, 2.05) is 32.0 Å². The number of ether oxygens (including phenoxy) is 2. The van der Waals surface area contributed by atoms with Crippen LogP contribution in [0.2, 0.25) is 0 Å². The minimum absolute atomic E-state index is 0.0602. The quantitative estimate of drug-likeness (QED) is 0.569. The molecule has 0 aliphatic carbocycles. The van der Waals surface area contributed by atoms with E-state index < -0.39 is 12.0 Å². The van der Waals surface area contributed by atoms with Gasteiger partial charge in [0.05, 0.1) is 7.11 Å². The second-order valence-electron chi connectivity index (χ2n) is 4.18. The molecule has 0 saturated heterocycles. The molecule has 8 heteroatoms. The van der Waals surface area contributed by atoms with Gasteiger partial charge in [-0.3, -0.25) is 15.5 Å². The van der Waals surface area contributed by atoms with Crippen molar-refractivity contribution in [1.29, 1.82) is 0 Å². The summed E-state index contributed by atoms with van der Waals surface area (Å²) in [4.78, 5) is 22.4. The van der Waals surface area contributed by atoms with Gasteiger partial charge in [-0.2, -0.15) is 0 Å². The van der Waals surface area contributed by atoms with Crippen LogP contribution in [0.3, 0.4) is 0 Å². The van der Waals surface area contributed by atoms with Gasteiger partial charge in [0.1, 0.15) is 5.75 Å². The third kappa shape index (κ3) is 6.09. The molecule has 0 radical (unpaired) electrons. The van der Waals surface area contributed by atoms with Crippen molar-refractivity contribution in [3.8, 4) is 5.75 Å². The Labute approximate surface area is 128 Å². The SMILES string of the molecule is COC(=O)NNC(=S)NC(=O)COc1cc(C)ccc1C. The van der Waals surface area contributed by atoms with E-state index in [2.05, 4.69) is 20.9 Å². The number of carbonyl (C=O) groups is 2. The number of amides is 2. The van der Waals surface area contributed by atoms with Crippen molar-refractivity contribution < 1.29 is 19.1 Å². The van der Waals surface area contributed by atoms with E-state index in [9.17, 15) is 9.59 Å². The zero-order valence-corrected chi connectivity index (χ0v) is 12.8. The molecule has 0 aliphatic heterocycles. The summed E-state index contributed by atoms with van der Waals surface area (Å²) >= 11 is 4.81. The zero-order chi connectivity index (χ0) is 15.8. The highest BCUT2D eigenvalue weighted by molar-refractivity contribution is 7.80. The van der Waals surface area contributed by atoms with Gasteiger partial charge in [-0.1, -0.05) is 12.1 Å². The van der Waals surface area contributed by atoms with Gasteiger partial charge in [0.25, 0.3) is 5.91 Å². The van der Waals surface area contributed by atoms with Gasteiger partial charge in [0.15, 0.2) is 11.7 Å². The molecule has 0 aromatic heterocycles. The summed E-state index contributed by atoms with van der Waals surface area (Å²) in [6.45, 7) is 3.63. The first-order chi connectivity index (χ1) is 9.92. The molecule has 2 amide bonds. The molecular weight excluding hydrogens is 294 g/mol. The fraction of sp³-hybridized carbons (Fsp3) is 0.308. The lowest BCUT2D eigenvalue weighted by molar-refractivity contribution is -0.121. The zero-order valence-electron chi connectivity index (χ0n) is 12.0. The lowest BCUT2D eigenvalue weighted by Crippen LogP contribution is -2.49. The van der Waals surface area contributed by atoms with Crippen LogP contribution in [-0.4, -0.2) is 30.8 Å². The number of hydrogen-bond donors (Lipinski definition) is 3. The summed E-state index contributed by atoms with van der Waals surface area (Å²) in [5.41, 5.74) is 6.39. The molecule has 0 spiro atoms. The second-order valence-corrected chi connectivity index (χ2v) is 4.58. The fourth-order valence-corrected chi connectivity index (χ4v) is 1.52. The van der Waals surface area contributed by atoms with Gasteiger partial charge in [0.2, 0.25) is 0 Å². The van der Waals surface area contributed by atoms with Gasteiger partial charge in [-0.05, 0) is 43.3 Å². The Hall–Kier alpha value is -2.35. The molecule has 1 aromatic carbocycles. The molecule has 0 saturated carbocycles. The molecule has 0 heterocycles.